The van der Waals surface area contributed by atoms with Crippen molar-refractivity contribution in [3.63, 3.8) is 0 Å². The summed E-state index contributed by atoms with van der Waals surface area (Å²) in [4.78, 5) is 0. The molecule has 2 saturated carbocycles. The summed E-state index contributed by atoms with van der Waals surface area (Å²) in [7, 11) is 0. The summed E-state index contributed by atoms with van der Waals surface area (Å²) in [5, 5.41) is 0. The first-order valence-corrected chi connectivity index (χ1v) is 14.4. The number of hydrogen-bond acceptors (Lipinski definition) is 1. The topological polar surface area (TPSA) is 9.23 Å². The number of benzene rings is 2. The predicted molar refractivity (Wildman–Crippen MR) is 150 cm³/mol. The van der Waals surface area contributed by atoms with E-state index in [4.69, 9.17) is 4.74 Å². The molecule has 0 heterocycles. The smallest absolute Gasteiger partial charge is 0.316 e. The average molecular weight is 507 g/mol. The highest BCUT2D eigenvalue weighted by Gasteiger charge is 2.33. The third-order valence-electron chi connectivity index (χ3n) is 8.77. The van der Waals surface area contributed by atoms with Gasteiger partial charge in [0.1, 0.15) is 0 Å². The van der Waals surface area contributed by atoms with Crippen molar-refractivity contribution in [2.45, 2.75) is 95.5 Å². The zero-order valence-corrected chi connectivity index (χ0v) is 22.5. The summed E-state index contributed by atoms with van der Waals surface area (Å²) < 4.78 is 34.6. The van der Waals surface area contributed by atoms with Crippen LogP contribution in [0.3, 0.4) is 0 Å². The van der Waals surface area contributed by atoms with Gasteiger partial charge in [-0.15, -0.1) is 6.58 Å². The second-order valence-corrected chi connectivity index (χ2v) is 11.2. The SMILES string of the molecule is C=CC1CCC(c2ccc(CCOC(F)(F)c3ccc(C4CCC(CCC=CC)CC4)cc3)cc2)CC1. The molecule has 0 aromatic heterocycles. The molecule has 0 aliphatic heterocycles. The van der Waals surface area contributed by atoms with E-state index in [1.54, 1.807) is 12.1 Å². The number of hydrogen-bond donors (Lipinski definition) is 0. The Balaban J connectivity index is 1.22. The third-order valence-corrected chi connectivity index (χ3v) is 8.77. The van der Waals surface area contributed by atoms with Gasteiger partial charge in [0.15, 0.2) is 0 Å². The minimum atomic E-state index is -3.27. The molecule has 2 aromatic carbocycles. The first-order chi connectivity index (χ1) is 18.0. The van der Waals surface area contributed by atoms with Gasteiger partial charge >= 0.3 is 6.11 Å². The van der Waals surface area contributed by atoms with Crippen LogP contribution in [0.2, 0.25) is 0 Å². The van der Waals surface area contributed by atoms with Crippen molar-refractivity contribution in [3.8, 4) is 0 Å². The van der Waals surface area contributed by atoms with Crippen LogP contribution in [0.15, 0.2) is 73.3 Å². The molecule has 0 bridgehead atoms. The van der Waals surface area contributed by atoms with Gasteiger partial charge in [-0.25, -0.2) is 0 Å². The quantitative estimate of drug-likeness (QED) is 0.275. The number of ether oxygens (including phenoxy) is 1. The highest BCUT2D eigenvalue weighted by Crippen LogP contribution is 2.39. The lowest BCUT2D eigenvalue weighted by molar-refractivity contribution is -0.248. The molecule has 2 aliphatic rings. The molecule has 0 radical (unpaired) electrons. The molecule has 0 spiro atoms. The van der Waals surface area contributed by atoms with Gasteiger partial charge in [-0.2, -0.15) is 8.78 Å². The van der Waals surface area contributed by atoms with Crippen molar-refractivity contribution in [2.24, 2.45) is 11.8 Å². The first-order valence-electron chi connectivity index (χ1n) is 14.4. The lowest BCUT2D eigenvalue weighted by Crippen LogP contribution is -2.20. The van der Waals surface area contributed by atoms with Crippen molar-refractivity contribution >= 4 is 0 Å². The molecule has 37 heavy (non-hydrogen) atoms. The fourth-order valence-corrected chi connectivity index (χ4v) is 6.26. The van der Waals surface area contributed by atoms with E-state index in [2.05, 4.69) is 56.0 Å². The lowest BCUT2D eigenvalue weighted by atomic mass is 9.77. The average Bonchev–Trinajstić information content (AvgIpc) is 2.94. The van der Waals surface area contributed by atoms with Gasteiger partial charge in [-0.1, -0.05) is 66.8 Å². The molecule has 0 unspecified atom stereocenters. The fourth-order valence-electron chi connectivity index (χ4n) is 6.26. The van der Waals surface area contributed by atoms with Gasteiger partial charge < -0.3 is 4.74 Å². The third kappa shape index (κ3) is 7.87. The lowest BCUT2D eigenvalue weighted by Gasteiger charge is -2.29. The zero-order valence-electron chi connectivity index (χ0n) is 22.5. The molecule has 0 N–H and O–H groups in total. The molecule has 3 heteroatoms. The Bertz CT molecular complexity index is 975. The highest BCUT2D eigenvalue weighted by atomic mass is 19.3. The molecule has 4 rings (SSSR count). The fraction of sp³-hybridized carbons (Fsp3) is 0.529. The molecule has 2 aliphatic carbocycles. The van der Waals surface area contributed by atoms with Crippen molar-refractivity contribution < 1.29 is 13.5 Å². The van der Waals surface area contributed by atoms with Crippen LogP contribution in [0.25, 0.3) is 0 Å². The molecule has 0 atom stereocenters. The summed E-state index contributed by atoms with van der Waals surface area (Å²) in [6.07, 6.45) is 15.7. The summed E-state index contributed by atoms with van der Waals surface area (Å²) in [6, 6.07) is 15.4. The maximum absolute atomic E-state index is 14.8. The van der Waals surface area contributed by atoms with Crippen molar-refractivity contribution in [1.29, 1.82) is 0 Å². The minimum Gasteiger partial charge on any atom is -0.316 e. The van der Waals surface area contributed by atoms with Crippen LogP contribution in [-0.4, -0.2) is 6.61 Å². The Morgan fingerprint density at radius 3 is 1.97 bits per heavy atom. The van der Waals surface area contributed by atoms with Gasteiger partial charge in [-0.3, -0.25) is 0 Å². The van der Waals surface area contributed by atoms with Gasteiger partial charge in [0.25, 0.3) is 0 Å². The number of allylic oxidation sites excluding steroid dienone is 3. The zero-order chi connectivity index (χ0) is 26.1. The molecule has 200 valence electrons. The van der Waals surface area contributed by atoms with Gasteiger partial charge in [0.05, 0.1) is 12.2 Å². The van der Waals surface area contributed by atoms with E-state index in [9.17, 15) is 8.78 Å². The molecular weight excluding hydrogens is 462 g/mol. The van der Waals surface area contributed by atoms with Crippen LogP contribution in [-0.2, 0) is 17.3 Å². The summed E-state index contributed by atoms with van der Waals surface area (Å²) in [5.74, 6) is 2.55. The second-order valence-electron chi connectivity index (χ2n) is 11.2. The Morgan fingerprint density at radius 1 is 0.838 bits per heavy atom. The first kappa shape index (κ1) is 27.8. The molecular formula is C34H44F2O. The van der Waals surface area contributed by atoms with Crippen molar-refractivity contribution in [3.05, 3.63) is 95.6 Å². The van der Waals surface area contributed by atoms with E-state index in [1.165, 1.54) is 56.1 Å². The van der Waals surface area contributed by atoms with E-state index >= 15 is 0 Å². The minimum absolute atomic E-state index is 0.00419. The van der Waals surface area contributed by atoms with E-state index in [1.807, 2.05) is 12.1 Å². The van der Waals surface area contributed by atoms with E-state index in [0.717, 1.165) is 30.7 Å². The van der Waals surface area contributed by atoms with Crippen molar-refractivity contribution in [1.82, 2.24) is 0 Å². The van der Waals surface area contributed by atoms with E-state index < -0.39 is 6.11 Å². The predicted octanol–water partition coefficient (Wildman–Crippen LogP) is 10.1. The summed E-state index contributed by atoms with van der Waals surface area (Å²) in [6.45, 7) is 6.00. The molecule has 2 aromatic rings. The van der Waals surface area contributed by atoms with E-state index in [0.29, 0.717) is 24.2 Å². The van der Waals surface area contributed by atoms with Crippen molar-refractivity contribution in [2.75, 3.05) is 6.61 Å². The van der Waals surface area contributed by atoms with Crippen LogP contribution in [0.5, 0.6) is 0 Å². The Kier molecular flexibility index (Phi) is 10.1. The molecule has 1 nitrogen and oxygen atoms in total. The Hall–Kier alpha value is -2.26. The maximum Gasteiger partial charge on any atom is 0.383 e. The van der Waals surface area contributed by atoms with Gasteiger partial charge in [0.2, 0.25) is 0 Å². The van der Waals surface area contributed by atoms with Crippen LogP contribution < -0.4 is 0 Å². The maximum atomic E-state index is 14.8. The second kappa shape index (κ2) is 13.5. The van der Waals surface area contributed by atoms with E-state index in [-0.39, 0.29) is 12.2 Å². The van der Waals surface area contributed by atoms with Gasteiger partial charge in [0, 0.05) is 0 Å². The number of rotatable bonds is 11. The Labute approximate surface area is 223 Å². The highest BCUT2D eigenvalue weighted by molar-refractivity contribution is 5.28. The molecule has 0 amide bonds. The van der Waals surface area contributed by atoms with Crippen LogP contribution >= 0.6 is 0 Å². The van der Waals surface area contributed by atoms with Gasteiger partial charge in [-0.05, 0) is 118 Å². The number of alkyl halides is 2. The summed E-state index contributed by atoms with van der Waals surface area (Å²) >= 11 is 0. The van der Waals surface area contributed by atoms with Crippen LogP contribution in [0.4, 0.5) is 8.78 Å². The normalized spacial score (nSPS) is 24.8. The van der Waals surface area contributed by atoms with Crippen LogP contribution in [0, 0.1) is 11.8 Å². The molecule has 0 saturated heterocycles. The largest absolute Gasteiger partial charge is 0.383 e. The van der Waals surface area contributed by atoms with Crippen LogP contribution in [0.1, 0.15) is 105 Å². The molecule has 2 fully saturated rings. The number of halogens is 2. The standard InChI is InChI=1S/C34H44F2O/c1-3-5-6-7-27-10-16-31(17-11-27)32-20-22-33(23-21-32)34(35,36)37-25-24-28-12-18-30(19-13-28)29-14-8-26(4-2)9-15-29/h3-5,12-13,18-23,26-27,29,31H,2,6-11,14-17,24-25H2,1H3. The summed E-state index contributed by atoms with van der Waals surface area (Å²) in [5.41, 5.74) is 3.53. The Morgan fingerprint density at radius 2 is 1.41 bits per heavy atom. The monoisotopic (exact) mass is 506 g/mol.